The van der Waals surface area contributed by atoms with Crippen molar-refractivity contribution in [3.63, 3.8) is 0 Å². The van der Waals surface area contributed by atoms with Crippen LogP contribution in [0.2, 0.25) is 0 Å². The van der Waals surface area contributed by atoms with Gasteiger partial charge >= 0.3 is 0 Å². The molecule has 0 saturated carbocycles. The molecule has 0 amide bonds. The molecule has 1 aliphatic rings. The average molecular weight is 216 g/mol. The van der Waals surface area contributed by atoms with E-state index in [9.17, 15) is 5.11 Å². The molecule has 1 atom stereocenters. The van der Waals surface area contributed by atoms with Gasteiger partial charge in [0.25, 0.3) is 0 Å². The van der Waals surface area contributed by atoms with E-state index >= 15 is 0 Å². The van der Waals surface area contributed by atoms with Crippen LogP contribution in [0.5, 0.6) is 0 Å². The highest BCUT2D eigenvalue weighted by molar-refractivity contribution is 5.66. The normalized spacial score (nSPS) is 18.0. The van der Waals surface area contributed by atoms with E-state index in [1.165, 1.54) is 36.8 Å². The van der Waals surface area contributed by atoms with Gasteiger partial charge in [0.2, 0.25) is 0 Å². The number of allylic oxidation sites excluding steroid dienone is 2. The van der Waals surface area contributed by atoms with Crippen molar-refractivity contribution in [1.82, 2.24) is 0 Å². The number of benzene rings is 1. The lowest BCUT2D eigenvalue weighted by Crippen LogP contribution is -1.96. The number of aliphatic hydroxyl groups excluding tert-OH is 1. The summed E-state index contributed by atoms with van der Waals surface area (Å²) < 4.78 is 0. The predicted molar refractivity (Wildman–Crippen MR) is 68.1 cm³/mol. The van der Waals surface area contributed by atoms with Crippen LogP contribution in [0.4, 0.5) is 0 Å². The second-order valence-electron chi connectivity index (χ2n) is 4.52. The first-order chi connectivity index (χ1) is 7.81. The van der Waals surface area contributed by atoms with Gasteiger partial charge in [-0.2, -0.15) is 0 Å². The molecule has 0 fully saturated rings. The molecule has 1 N–H and O–H groups in total. The molecule has 1 aromatic rings. The van der Waals surface area contributed by atoms with E-state index in [2.05, 4.69) is 30.3 Å². The number of aliphatic hydroxyl groups is 1. The molecule has 1 heteroatoms. The molecule has 86 valence electrons. The molecule has 0 aliphatic heterocycles. The molecule has 1 aromatic carbocycles. The summed E-state index contributed by atoms with van der Waals surface area (Å²) in [6.45, 7) is 2.00. The zero-order chi connectivity index (χ0) is 11.4. The van der Waals surface area contributed by atoms with Crippen LogP contribution in [0.1, 0.15) is 56.3 Å². The highest BCUT2D eigenvalue weighted by Gasteiger charge is 2.08. The van der Waals surface area contributed by atoms with Crippen LogP contribution in [0, 0.1) is 0 Å². The van der Waals surface area contributed by atoms with Crippen LogP contribution in [-0.2, 0) is 0 Å². The van der Waals surface area contributed by atoms with Gasteiger partial charge in [-0.15, -0.1) is 0 Å². The quantitative estimate of drug-likeness (QED) is 0.807. The standard InChI is InChI=1S/C15H20O/c1-2-15(16)14-10-8-13(9-11-14)12-6-4-3-5-7-12/h6,8-11,15-16H,2-5,7H2,1H3. The van der Waals surface area contributed by atoms with Gasteiger partial charge in [0.1, 0.15) is 0 Å². The van der Waals surface area contributed by atoms with Crippen LogP contribution in [0.3, 0.4) is 0 Å². The molecule has 0 spiro atoms. The lowest BCUT2D eigenvalue weighted by molar-refractivity contribution is 0.173. The maximum absolute atomic E-state index is 9.72. The van der Waals surface area contributed by atoms with Gasteiger partial charge in [-0.25, -0.2) is 0 Å². The zero-order valence-corrected chi connectivity index (χ0v) is 9.95. The van der Waals surface area contributed by atoms with Gasteiger partial charge in [-0.3, -0.25) is 0 Å². The van der Waals surface area contributed by atoms with Crippen molar-refractivity contribution in [2.75, 3.05) is 0 Å². The molecule has 0 radical (unpaired) electrons. The minimum absolute atomic E-state index is 0.311. The van der Waals surface area contributed by atoms with Crippen molar-refractivity contribution < 1.29 is 5.11 Å². The van der Waals surface area contributed by atoms with E-state index in [-0.39, 0.29) is 6.10 Å². The smallest absolute Gasteiger partial charge is 0.0787 e. The van der Waals surface area contributed by atoms with E-state index in [1.54, 1.807) is 0 Å². The molecule has 0 saturated heterocycles. The van der Waals surface area contributed by atoms with Crippen molar-refractivity contribution >= 4 is 5.57 Å². The van der Waals surface area contributed by atoms with Gasteiger partial charge in [0.05, 0.1) is 6.10 Å². The number of hydrogen-bond acceptors (Lipinski definition) is 1. The van der Waals surface area contributed by atoms with Gasteiger partial charge in [-0.05, 0) is 48.8 Å². The van der Waals surface area contributed by atoms with Crippen LogP contribution in [0.25, 0.3) is 5.57 Å². The molecule has 0 aromatic heterocycles. The van der Waals surface area contributed by atoms with Crippen LogP contribution in [0.15, 0.2) is 30.3 Å². The van der Waals surface area contributed by atoms with Crippen molar-refractivity contribution in [3.05, 3.63) is 41.5 Å². The minimum atomic E-state index is -0.311. The van der Waals surface area contributed by atoms with E-state index in [0.29, 0.717) is 0 Å². The fourth-order valence-electron chi connectivity index (χ4n) is 2.26. The van der Waals surface area contributed by atoms with Crippen molar-refractivity contribution in [3.8, 4) is 0 Å². The Morgan fingerprint density at radius 1 is 1.19 bits per heavy atom. The molecule has 0 bridgehead atoms. The molecule has 2 rings (SSSR count). The fourth-order valence-corrected chi connectivity index (χ4v) is 2.26. The largest absolute Gasteiger partial charge is 0.388 e. The first-order valence-corrected chi connectivity index (χ1v) is 6.28. The first kappa shape index (κ1) is 11.4. The number of rotatable bonds is 3. The van der Waals surface area contributed by atoms with E-state index in [4.69, 9.17) is 0 Å². The van der Waals surface area contributed by atoms with Crippen LogP contribution >= 0.6 is 0 Å². The van der Waals surface area contributed by atoms with Crippen molar-refractivity contribution in [2.45, 2.75) is 45.1 Å². The SMILES string of the molecule is CCC(O)c1ccc(C2=CCCCC2)cc1. The summed E-state index contributed by atoms with van der Waals surface area (Å²) in [5.74, 6) is 0. The summed E-state index contributed by atoms with van der Waals surface area (Å²) in [7, 11) is 0. The third kappa shape index (κ3) is 2.53. The highest BCUT2D eigenvalue weighted by Crippen LogP contribution is 2.27. The minimum Gasteiger partial charge on any atom is -0.388 e. The maximum Gasteiger partial charge on any atom is 0.0787 e. The zero-order valence-electron chi connectivity index (χ0n) is 9.95. The summed E-state index contributed by atoms with van der Waals surface area (Å²) in [4.78, 5) is 0. The van der Waals surface area contributed by atoms with Gasteiger partial charge in [0.15, 0.2) is 0 Å². The summed E-state index contributed by atoms with van der Waals surface area (Å²) >= 11 is 0. The van der Waals surface area contributed by atoms with E-state index < -0.39 is 0 Å². The predicted octanol–water partition coefficient (Wildman–Crippen LogP) is 4.09. The first-order valence-electron chi connectivity index (χ1n) is 6.28. The Hall–Kier alpha value is -1.08. The fraction of sp³-hybridized carbons (Fsp3) is 0.467. The van der Waals surface area contributed by atoms with Crippen LogP contribution < -0.4 is 0 Å². The molecule has 1 aliphatic carbocycles. The number of hydrogen-bond donors (Lipinski definition) is 1. The second-order valence-corrected chi connectivity index (χ2v) is 4.52. The Morgan fingerprint density at radius 3 is 2.50 bits per heavy atom. The Balaban J connectivity index is 2.15. The molecule has 0 heterocycles. The molecule has 1 nitrogen and oxygen atoms in total. The summed E-state index contributed by atoms with van der Waals surface area (Å²) in [6, 6.07) is 8.40. The second kappa shape index (κ2) is 5.31. The highest BCUT2D eigenvalue weighted by atomic mass is 16.3. The Bertz CT molecular complexity index is 362. The summed E-state index contributed by atoms with van der Waals surface area (Å²) in [5, 5.41) is 9.72. The lowest BCUT2D eigenvalue weighted by atomic mass is 9.92. The monoisotopic (exact) mass is 216 g/mol. The van der Waals surface area contributed by atoms with Crippen LogP contribution in [-0.4, -0.2) is 5.11 Å². The molecular weight excluding hydrogens is 196 g/mol. The van der Waals surface area contributed by atoms with E-state index in [1.807, 2.05) is 6.92 Å². The molecule has 16 heavy (non-hydrogen) atoms. The Kier molecular flexibility index (Phi) is 3.79. The Morgan fingerprint density at radius 2 is 1.94 bits per heavy atom. The average Bonchev–Trinajstić information content (AvgIpc) is 2.39. The van der Waals surface area contributed by atoms with Gasteiger partial charge in [0, 0.05) is 0 Å². The van der Waals surface area contributed by atoms with Crippen molar-refractivity contribution in [2.24, 2.45) is 0 Å². The third-order valence-corrected chi connectivity index (χ3v) is 3.34. The molecule has 1 unspecified atom stereocenters. The van der Waals surface area contributed by atoms with E-state index in [0.717, 1.165) is 12.0 Å². The lowest BCUT2D eigenvalue weighted by Gasteiger charge is -2.14. The summed E-state index contributed by atoms with van der Waals surface area (Å²) in [6.07, 6.45) is 7.89. The van der Waals surface area contributed by atoms with Gasteiger partial charge < -0.3 is 5.11 Å². The summed E-state index contributed by atoms with van der Waals surface area (Å²) in [5.41, 5.74) is 3.83. The molecular formula is C15H20O. The van der Waals surface area contributed by atoms with Gasteiger partial charge in [-0.1, -0.05) is 37.3 Å². The van der Waals surface area contributed by atoms with Crippen molar-refractivity contribution in [1.29, 1.82) is 0 Å². The third-order valence-electron chi connectivity index (χ3n) is 3.34. The Labute approximate surface area is 97.8 Å². The topological polar surface area (TPSA) is 20.2 Å². The maximum atomic E-state index is 9.72.